The minimum Gasteiger partial charge on any atom is -0.439 e. The average molecular weight is 582 g/mol. The maximum absolute atomic E-state index is 6.46. The van der Waals surface area contributed by atoms with Crippen molar-refractivity contribution in [2.24, 2.45) is 0 Å². The van der Waals surface area contributed by atoms with Crippen LogP contribution in [0.4, 0.5) is 17.1 Å². The highest BCUT2D eigenvalue weighted by Gasteiger charge is 2.27. The molecule has 6 aromatic rings. The van der Waals surface area contributed by atoms with Crippen LogP contribution in [-0.4, -0.2) is 28.3 Å². The number of rotatable bonds is 4. The fraction of sp³-hybridized carbons (Fsp3) is 0.263. The molecule has 0 unspecified atom stereocenters. The Kier molecular flexibility index (Phi) is 6.43. The van der Waals surface area contributed by atoms with Gasteiger partial charge in [0.25, 0.3) is 0 Å². The third-order valence-corrected chi connectivity index (χ3v) is 8.64. The fourth-order valence-electron chi connectivity index (χ4n) is 6.13. The molecule has 6 nitrogen and oxygen atoms in total. The van der Waals surface area contributed by atoms with Crippen LogP contribution in [0.25, 0.3) is 27.6 Å². The Hall–Kier alpha value is -4.84. The molecule has 3 aromatic heterocycles. The predicted molar refractivity (Wildman–Crippen MR) is 182 cm³/mol. The van der Waals surface area contributed by atoms with Gasteiger partial charge in [0.05, 0.1) is 29.1 Å². The van der Waals surface area contributed by atoms with Crippen LogP contribution in [0.2, 0.25) is 0 Å². The van der Waals surface area contributed by atoms with Crippen LogP contribution in [0, 0.1) is 0 Å². The molecule has 6 heteroatoms. The summed E-state index contributed by atoms with van der Waals surface area (Å²) in [6, 6.07) is 29.9. The van der Waals surface area contributed by atoms with Crippen LogP contribution in [0.15, 0.2) is 97.3 Å². The lowest BCUT2D eigenvalue weighted by molar-refractivity contribution is 0.463. The molecule has 0 aliphatic carbocycles. The maximum atomic E-state index is 6.46. The van der Waals surface area contributed by atoms with E-state index in [1.54, 1.807) is 0 Å². The molecule has 0 saturated heterocycles. The second-order valence-electron chi connectivity index (χ2n) is 13.9. The maximum Gasteiger partial charge on any atom is 0.221 e. The Morgan fingerprint density at radius 2 is 1.39 bits per heavy atom. The molecule has 1 aliphatic rings. The van der Waals surface area contributed by atoms with Gasteiger partial charge < -0.3 is 14.5 Å². The molecular weight excluding hydrogens is 542 g/mol. The monoisotopic (exact) mass is 581 g/mol. The second-order valence-corrected chi connectivity index (χ2v) is 13.9. The first-order valence-corrected chi connectivity index (χ1v) is 15.2. The summed E-state index contributed by atoms with van der Waals surface area (Å²) in [6.07, 6.45) is 3.73. The number of anilines is 3. The first-order chi connectivity index (χ1) is 21.0. The van der Waals surface area contributed by atoms with Crippen molar-refractivity contribution in [1.29, 1.82) is 0 Å². The van der Waals surface area contributed by atoms with Crippen LogP contribution >= 0.6 is 0 Å². The Balaban J connectivity index is 1.27. The van der Waals surface area contributed by atoms with Crippen molar-refractivity contribution in [3.05, 3.63) is 108 Å². The van der Waals surface area contributed by atoms with Gasteiger partial charge in [0.2, 0.25) is 5.88 Å². The molecule has 0 bridgehead atoms. The minimum atomic E-state index is 0.0143. The Labute approximate surface area is 259 Å². The highest BCUT2D eigenvalue weighted by molar-refractivity contribution is 6.09. The second kappa shape index (κ2) is 10.1. The van der Waals surface area contributed by atoms with Gasteiger partial charge in [-0.25, -0.2) is 9.97 Å². The lowest BCUT2D eigenvalue weighted by Crippen LogP contribution is -2.24. The Morgan fingerprint density at radius 1 is 0.659 bits per heavy atom. The van der Waals surface area contributed by atoms with Gasteiger partial charge in [0.15, 0.2) is 0 Å². The van der Waals surface area contributed by atoms with E-state index in [0.717, 1.165) is 40.3 Å². The van der Waals surface area contributed by atoms with Gasteiger partial charge in [-0.05, 0) is 70.5 Å². The van der Waals surface area contributed by atoms with Crippen LogP contribution in [0.3, 0.4) is 0 Å². The van der Waals surface area contributed by atoms with Gasteiger partial charge in [0, 0.05) is 48.0 Å². The molecular formula is C38H39N5O. The van der Waals surface area contributed by atoms with Crippen molar-refractivity contribution in [1.82, 2.24) is 14.5 Å². The largest absolute Gasteiger partial charge is 0.439 e. The molecule has 0 amide bonds. The number of aromatic nitrogens is 3. The van der Waals surface area contributed by atoms with Gasteiger partial charge in [0.1, 0.15) is 11.6 Å². The highest BCUT2D eigenvalue weighted by Crippen LogP contribution is 2.43. The quantitative estimate of drug-likeness (QED) is 0.207. The standard InChI is InChI=1S/C38H39N5O/c1-37(2,3)25-12-15-32-34(20-25)42(24-41(32)7)27-17-19-40-36(22-27)44-28-13-14-30-29-10-8-9-11-31(29)43(33(30)23-28)35-21-26(16-18-39-35)38(4,5)6/h8-23H,24H2,1-7H3. The van der Waals surface area contributed by atoms with E-state index in [4.69, 9.17) is 9.72 Å². The van der Waals surface area contributed by atoms with Gasteiger partial charge in [-0.15, -0.1) is 0 Å². The molecule has 0 N–H and O–H groups in total. The van der Waals surface area contributed by atoms with Gasteiger partial charge in [-0.1, -0.05) is 65.8 Å². The van der Waals surface area contributed by atoms with Crippen LogP contribution in [0.1, 0.15) is 52.7 Å². The Bertz CT molecular complexity index is 2030. The molecule has 0 atom stereocenters. The number of hydrogen-bond donors (Lipinski definition) is 0. The third kappa shape index (κ3) is 4.84. The SMILES string of the molecule is CN1CN(c2ccnc(Oc3ccc4c5ccccc5n(-c5cc(C(C)(C)C)ccn5)c4c3)c2)c2cc(C(C)(C)C)ccc21. The molecule has 222 valence electrons. The molecule has 1 aliphatic heterocycles. The highest BCUT2D eigenvalue weighted by atomic mass is 16.5. The van der Waals surface area contributed by atoms with E-state index < -0.39 is 0 Å². The van der Waals surface area contributed by atoms with E-state index in [9.17, 15) is 0 Å². The molecule has 44 heavy (non-hydrogen) atoms. The number of nitrogens with zero attached hydrogens (tertiary/aromatic N) is 5. The third-order valence-electron chi connectivity index (χ3n) is 8.64. The number of para-hydroxylation sites is 1. The van der Waals surface area contributed by atoms with Crippen molar-refractivity contribution in [3.63, 3.8) is 0 Å². The number of benzene rings is 3. The summed E-state index contributed by atoms with van der Waals surface area (Å²) in [7, 11) is 2.13. The predicted octanol–water partition coefficient (Wildman–Crippen LogP) is 9.51. The fourth-order valence-corrected chi connectivity index (χ4v) is 6.13. The zero-order valence-corrected chi connectivity index (χ0v) is 26.6. The lowest BCUT2D eigenvalue weighted by atomic mass is 9.86. The van der Waals surface area contributed by atoms with Gasteiger partial charge in [-0.2, -0.15) is 0 Å². The zero-order valence-electron chi connectivity index (χ0n) is 26.6. The minimum absolute atomic E-state index is 0.0143. The van der Waals surface area contributed by atoms with E-state index in [-0.39, 0.29) is 10.8 Å². The smallest absolute Gasteiger partial charge is 0.221 e. The van der Waals surface area contributed by atoms with Crippen LogP contribution in [-0.2, 0) is 10.8 Å². The summed E-state index contributed by atoms with van der Waals surface area (Å²) < 4.78 is 8.70. The topological polar surface area (TPSA) is 46.4 Å². The zero-order chi connectivity index (χ0) is 30.8. The first kappa shape index (κ1) is 28.0. The van der Waals surface area contributed by atoms with Gasteiger partial charge in [-0.3, -0.25) is 4.57 Å². The molecule has 4 heterocycles. The number of fused-ring (bicyclic) bond motifs is 4. The van der Waals surface area contributed by atoms with Crippen LogP contribution < -0.4 is 14.5 Å². The summed E-state index contributed by atoms with van der Waals surface area (Å²) in [5.74, 6) is 2.18. The summed E-state index contributed by atoms with van der Waals surface area (Å²) >= 11 is 0. The first-order valence-electron chi connectivity index (χ1n) is 15.2. The normalized spacial score (nSPS) is 13.6. The van der Waals surface area contributed by atoms with E-state index in [2.05, 4.69) is 141 Å². The summed E-state index contributed by atoms with van der Waals surface area (Å²) in [5, 5.41) is 2.34. The average Bonchev–Trinajstić information content (AvgIpc) is 3.50. The molecule has 0 radical (unpaired) electrons. The van der Waals surface area contributed by atoms with Crippen molar-refractivity contribution in [2.75, 3.05) is 23.5 Å². The van der Waals surface area contributed by atoms with Crippen molar-refractivity contribution >= 4 is 38.9 Å². The molecule has 7 rings (SSSR count). The molecule has 0 saturated carbocycles. The Morgan fingerprint density at radius 3 is 2.18 bits per heavy atom. The van der Waals surface area contributed by atoms with Gasteiger partial charge >= 0.3 is 0 Å². The summed E-state index contributed by atoms with van der Waals surface area (Å²) in [6.45, 7) is 14.2. The summed E-state index contributed by atoms with van der Waals surface area (Å²) in [5.41, 5.74) is 8.27. The molecule has 3 aromatic carbocycles. The van der Waals surface area contributed by atoms with Crippen LogP contribution in [0.5, 0.6) is 11.6 Å². The van der Waals surface area contributed by atoms with E-state index in [1.165, 1.54) is 27.9 Å². The van der Waals surface area contributed by atoms with Crippen molar-refractivity contribution < 1.29 is 4.74 Å². The number of ether oxygens (including phenoxy) is 1. The molecule has 0 fully saturated rings. The van der Waals surface area contributed by atoms with Crippen molar-refractivity contribution in [2.45, 2.75) is 52.4 Å². The van der Waals surface area contributed by atoms with E-state index in [0.29, 0.717) is 5.88 Å². The number of pyridine rings is 2. The van der Waals surface area contributed by atoms with Crippen molar-refractivity contribution in [3.8, 4) is 17.4 Å². The molecule has 0 spiro atoms. The van der Waals surface area contributed by atoms with E-state index >= 15 is 0 Å². The lowest BCUT2D eigenvalue weighted by Gasteiger charge is -2.23. The number of hydrogen-bond acceptors (Lipinski definition) is 5. The summed E-state index contributed by atoms with van der Waals surface area (Å²) in [4.78, 5) is 14.0. The van der Waals surface area contributed by atoms with E-state index in [1.807, 2.05) is 24.5 Å².